The third-order valence-corrected chi connectivity index (χ3v) is 5.66. The Morgan fingerprint density at radius 2 is 1.71 bits per heavy atom. The summed E-state index contributed by atoms with van der Waals surface area (Å²) in [6, 6.07) is 18.1. The summed E-state index contributed by atoms with van der Waals surface area (Å²) in [5.41, 5.74) is 2.39. The average Bonchev–Trinajstić information content (AvgIpc) is 3.25. The molecule has 0 spiro atoms. The van der Waals surface area contributed by atoms with Crippen LogP contribution in [-0.2, 0) is 22.7 Å². The fraction of sp³-hybridized carbons (Fsp3) is 0.208. The van der Waals surface area contributed by atoms with Gasteiger partial charge in [-0.05, 0) is 42.3 Å². The molecule has 7 heteroatoms. The number of ketones is 1. The van der Waals surface area contributed by atoms with Gasteiger partial charge >= 0.3 is 5.97 Å². The van der Waals surface area contributed by atoms with Crippen molar-refractivity contribution in [3.05, 3.63) is 87.1 Å². The number of carbonyl (C=O) groups excluding carboxylic acids is 3. The molecule has 6 nitrogen and oxygen atoms in total. The van der Waals surface area contributed by atoms with Gasteiger partial charge in [-0.15, -0.1) is 11.3 Å². The van der Waals surface area contributed by atoms with E-state index in [1.165, 1.54) is 18.3 Å². The fourth-order valence-electron chi connectivity index (χ4n) is 2.80. The van der Waals surface area contributed by atoms with E-state index in [2.05, 4.69) is 5.32 Å². The van der Waals surface area contributed by atoms with Crippen molar-refractivity contribution >= 4 is 29.0 Å². The normalized spacial score (nSPS) is 10.4. The van der Waals surface area contributed by atoms with Gasteiger partial charge in [-0.1, -0.05) is 36.4 Å². The molecule has 0 unspecified atom stereocenters. The number of para-hydroxylation sites is 1. The van der Waals surface area contributed by atoms with Crippen molar-refractivity contribution in [2.45, 2.75) is 27.0 Å². The minimum atomic E-state index is -0.622. The maximum atomic E-state index is 12.6. The molecule has 2 aromatic carbocycles. The Bertz CT molecular complexity index is 1090. The molecule has 1 N–H and O–H groups in total. The quantitative estimate of drug-likeness (QED) is 0.398. The predicted octanol–water partition coefficient (Wildman–Crippen LogP) is 4.31. The Balaban J connectivity index is 1.59. The van der Waals surface area contributed by atoms with Crippen LogP contribution in [0.1, 0.15) is 43.0 Å². The molecule has 160 valence electrons. The molecule has 0 saturated carbocycles. The van der Waals surface area contributed by atoms with Crippen LogP contribution in [0.4, 0.5) is 0 Å². The second-order valence-electron chi connectivity index (χ2n) is 6.89. The molecule has 1 aromatic heterocycles. The fourth-order valence-corrected chi connectivity index (χ4v) is 3.67. The summed E-state index contributed by atoms with van der Waals surface area (Å²) >= 11 is 1.26. The molecular formula is C24H23NO5S. The molecular weight excluding hydrogens is 414 g/mol. The van der Waals surface area contributed by atoms with Crippen LogP contribution in [0.25, 0.3) is 0 Å². The van der Waals surface area contributed by atoms with E-state index in [4.69, 9.17) is 9.47 Å². The summed E-state index contributed by atoms with van der Waals surface area (Å²) in [6.45, 7) is 3.74. The summed E-state index contributed by atoms with van der Waals surface area (Å²) in [5.74, 6) is -0.662. The highest BCUT2D eigenvalue weighted by atomic mass is 32.1. The minimum absolute atomic E-state index is 0.140. The molecule has 31 heavy (non-hydrogen) atoms. The van der Waals surface area contributed by atoms with Crippen LogP contribution in [0.15, 0.2) is 60.7 Å². The van der Waals surface area contributed by atoms with E-state index in [0.717, 1.165) is 16.0 Å². The molecule has 0 radical (unpaired) electrons. The van der Waals surface area contributed by atoms with Crippen molar-refractivity contribution in [2.75, 3.05) is 6.61 Å². The maximum Gasteiger partial charge on any atom is 0.342 e. The van der Waals surface area contributed by atoms with Crippen LogP contribution in [0.5, 0.6) is 5.75 Å². The number of ether oxygens (including phenoxy) is 2. The first-order valence-corrected chi connectivity index (χ1v) is 10.6. The molecule has 1 amide bonds. The smallest absolute Gasteiger partial charge is 0.342 e. The Morgan fingerprint density at radius 3 is 2.48 bits per heavy atom. The zero-order valence-corrected chi connectivity index (χ0v) is 18.2. The molecule has 1 heterocycles. The number of thiophene rings is 1. The lowest BCUT2D eigenvalue weighted by atomic mass is 10.1. The van der Waals surface area contributed by atoms with Gasteiger partial charge in [0.25, 0.3) is 0 Å². The summed E-state index contributed by atoms with van der Waals surface area (Å²) in [4.78, 5) is 37.3. The number of nitrogens with one attached hydrogen (secondary N) is 1. The van der Waals surface area contributed by atoms with Gasteiger partial charge in [0.15, 0.2) is 6.61 Å². The van der Waals surface area contributed by atoms with E-state index in [-0.39, 0.29) is 23.9 Å². The number of Topliss-reactive ketones (excluding diaryl/α,β-unsaturated/α-hetero) is 1. The van der Waals surface area contributed by atoms with E-state index in [1.807, 2.05) is 31.2 Å². The van der Waals surface area contributed by atoms with Crippen molar-refractivity contribution in [1.82, 2.24) is 5.32 Å². The first-order chi connectivity index (χ1) is 14.9. The molecule has 0 aliphatic rings. The number of aryl methyl sites for hydroxylation is 1. The van der Waals surface area contributed by atoms with Crippen LogP contribution >= 0.6 is 11.3 Å². The molecule has 0 saturated heterocycles. The molecule has 0 bridgehead atoms. The molecule has 0 aliphatic carbocycles. The third-order valence-electron chi connectivity index (χ3n) is 4.53. The van der Waals surface area contributed by atoms with E-state index in [1.54, 1.807) is 36.4 Å². The Labute approximate surface area is 184 Å². The zero-order chi connectivity index (χ0) is 22.2. The molecule has 3 rings (SSSR count). The van der Waals surface area contributed by atoms with E-state index in [0.29, 0.717) is 23.8 Å². The topological polar surface area (TPSA) is 81.7 Å². The Hall–Kier alpha value is -3.45. The number of hydrogen-bond donors (Lipinski definition) is 1. The monoisotopic (exact) mass is 437 g/mol. The van der Waals surface area contributed by atoms with Gasteiger partial charge in [0, 0.05) is 11.8 Å². The first-order valence-electron chi connectivity index (χ1n) is 9.74. The molecule has 0 fully saturated rings. The maximum absolute atomic E-state index is 12.6. The van der Waals surface area contributed by atoms with Crippen LogP contribution < -0.4 is 10.1 Å². The SMILES string of the molecule is CC(=O)NCc1ccc(C(=O)COC(=O)c2ccccc2OCc2ccccc2C)s1. The summed E-state index contributed by atoms with van der Waals surface area (Å²) in [6.07, 6.45) is 0. The minimum Gasteiger partial charge on any atom is -0.488 e. The van der Waals surface area contributed by atoms with Gasteiger partial charge in [-0.25, -0.2) is 4.79 Å². The predicted molar refractivity (Wildman–Crippen MR) is 118 cm³/mol. The van der Waals surface area contributed by atoms with Gasteiger partial charge in [0.1, 0.15) is 17.9 Å². The average molecular weight is 438 g/mol. The summed E-state index contributed by atoms with van der Waals surface area (Å²) in [5, 5.41) is 2.68. The highest BCUT2D eigenvalue weighted by molar-refractivity contribution is 7.14. The van der Waals surface area contributed by atoms with Gasteiger partial charge < -0.3 is 14.8 Å². The third kappa shape index (κ3) is 6.26. The standard InChI is InChI=1S/C24H23NO5S/c1-16-7-3-4-8-18(16)14-29-22-10-6-5-9-20(22)24(28)30-15-21(27)23-12-11-19(31-23)13-25-17(2)26/h3-12H,13-15H2,1-2H3,(H,25,26). The summed E-state index contributed by atoms with van der Waals surface area (Å²) < 4.78 is 11.1. The van der Waals surface area contributed by atoms with Crippen LogP contribution in [-0.4, -0.2) is 24.3 Å². The Morgan fingerprint density at radius 1 is 0.968 bits per heavy atom. The van der Waals surface area contributed by atoms with Crippen molar-refractivity contribution in [3.8, 4) is 5.75 Å². The van der Waals surface area contributed by atoms with E-state index < -0.39 is 5.97 Å². The van der Waals surface area contributed by atoms with Gasteiger partial charge in [-0.2, -0.15) is 0 Å². The molecule has 3 aromatic rings. The van der Waals surface area contributed by atoms with E-state index in [9.17, 15) is 14.4 Å². The van der Waals surface area contributed by atoms with Crippen molar-refractivity contribution in [1.29, 1.82) is 0 Å². The van der Waals surface area contributed by atoms with Crippen molar-refractivity contribution < 1.29 is 23.9 Å². The lowest BCUT2D eigenvalue weighted by Gasteiger charge is -2.12. The lowest BCUT2D eigenvalue weighted by molar-refractivity contribution is -0.119. The second kappa shape index (κ2) is 10.5. The van der Waals surface area contributed by atoms with Crippen LogP contribution in [0, 0.1) is 6.92 Å². The van der Waals surface area contributed by atoms with E-state index >= 15 is 0 Å². The largest absolute Gasteiger partial charge is 0.488 e. The number of esters is 1. The highest BCUT2D eigenvalue weighted by Crippen LogP contribution is 2.22. The highest BCUT2D eigenvalue weighted by Gasteiger charge is 2.17. The van der Waals surface area contributed by atoms with Gasteiger partial charge in [-0.3, -0.25) is 9.59 Å². The summed E-state index contributed by atoms with van der Waals surface area (Å²) in [7, 11) is 0. The zero-order valence-electron chi connectivity index (χ0n) is 17.3. The number of amides is 1. The number of rotatable bonds is 9. The molecule has 0 aliphatic heterocycles. The van der Waals surface area contributed by atoms with Gasteiger partial charge in [0.2, 0.25) is 11.7 Å². The van der Waals surface area contributed by atoms with Crippen LogP contribution in [0.3, 0.4) is 0 Å². The number of carbonyl (C=O) groups is 3. The molecule has 0 atom stereocenters. The Kier molecular flexibility index (Phi) is 7.56. The number of hydrogen-bond acceptors (Lipinski definition) is 6. The number of benzene rings is 2. The first kappa shape index (κ1) is 22.2. The van der Waals surface area contributed by atoms with Crippen molar-refractivity contribution in [3.63, 3.8) is 0 Å². The second-order valence-corrected chi connectivity index (χ2v) is 8.05. The van der Waals surface area contributed by atoms with Crippen molar-refractivity contribution in [2.24, 2.45) is 0 Å². The van der Waals surface area contributed by atoms with Gasteiger partial charge in [0.05, 0.1) is 11.4 Å². The lowest BCUT2D eigenvalue weighted by Crippen LogP contribution is -2.18. The van der Waals surface area contributed by atoms with Crippen LogP contribution in [0.2, 0.25) is 0 Å².